The van der Waals surface area contributed by atoms with Gasteiger partial charge in [-0.3, -0.25) is 9.59 Å². The lowest BCUT2D eigenvalue weighted by molar-refractivity contribution is -0.142. The van der Waals surface area contributed by atoms with E-state index in [-0.39, 0.29) is 19.1 Å². The lowest BCUT2D eigenvalue weighted by Gasteiger charge is -2.15. The van der Waals surface area contributed by atoms with Gasteiger partial charge in [0, 0.05) is 12.0 Å². The monoisotopic (exact) mass is 432 g/mol. The molecule has 4 rings (SSSR count). The summed E-state index contributed by atoms with van der Waals surface area (Å²) in [5.41, 5.74) is 4.57. The van der Waals surface area contributed by atoms with Gasteiger partial charge in [0.2, 0.25) is 0 Å². The van der Waals surface area contributed by atoms with Gasteiger partial charge < -0.3 is 20.5 Å². The smallest absolute Gasteiger partial charge is 0.407 e. The molecule has 7 nitrogen and oxygen atoms in total. The quantitative estimate of drug-likeness (QED) is 0.630. The van der Waals surface area contributed by atoms with Gasteiger partial charge in [-0.15, -0.1) is 0 Å². The standard InChI is InChI=1S/C25H24N2O5/c28-23(27-22-12-5-11-20(22)24(29)30)13-6-14-26-25(31)32-15-21-18-9-3-1-7-16(18)17-8-2-4-10-19(17)21/h1-4,7-10,20-22H,5,11-12,14-15H2,(H,26,31)(H,27,28)(H,29,30)/t20-,22+/m1/s1. The summed E-state index contributed by atoms with van der Waals surface area (Å²) in [6.45, 7) is 0.156. The van der Waals surface area contributed by atoms with Crippen molar-refractivity contribution < 1.29 is 24.2 Å². The summed E-state index contributed by atoms with van der Waals surface area (Å²) in [7, 11) is 0. The van der Waals surface area contributed by atoms with Crippen LogP contribution in [0.5, 0.6) is 0 Å². The first-order valence-corrected chi connectivity index (χ1v) is 10.7. The highest BCUT2D eigenvalue weighted by Gasteiger charge is 2.33. The number of alkyl carbamates (subject to hydrolysis) is 1. The molecule has 164 valence electrons. The Bertz CT molecular complexity index is 1060. The van der Waals surface area contributed by atoms with Gasteiger partial charge in [-0.25, -0.2) is 4.79 Å². The zero-order valence-corrected chi connectivity index (χ0v) is 17.5. The van der Waals surface area contributed by atoms with E-state index in [0.29, 0.717) is 12.8 Å². The van der Waals surface area contributed by atoms with Gasteiger partial charge in [0.15, 0.2) is 0 Å². The molecule has 2 aromatic rings. The maximum absolute atomic E-state index is 12.1. The molecule has 0 unspecified atom stereocenters. The molecule has 2 aliphatic rings. The van der Waals surface area contributed by atoms with Gasteiger partial charge in [-0.1, -0.05) is 60.9 Å². The van der Waals surface area contributed by atoms with Crippen LogP contribution >= 0.6 is 0 Å². The second-order valence-electron chi connectivity index (χ2n) is 7.94. The Balaban J connectivity index is 1.25. The van der Waals surface area contributed by atoms with E-state index in [2.05, 4.69) is 34.6 Å². The van der Waals surface area contributed by atoms with Crippen molar-refractivity contribution in [1.29, 1.82) is 0 Å². The van der Waals surface area contributed by atoms with E-state index in [1.807, 2.05) is 36.4 Å². The van der Waals surface area contributed by atoms with Crippen LogP contribution in [0.3, 0.4) is 0 Å². The molecule has 1 saturated carbocycles. The Kier molecular flexibility index (Phi) is 6.41. The summed E-state index contributed by atoms with van der Waals surface area (Å²) in [4.78, 5) is 35.2. The number of fused-ring (bicyclic) bond motifs is 3. The highest BCUT2D eigenvalue weighted by Crippen LogP contribution is 2.44. The summed E-state index contributed by atoms with van der Waals surface area (Å²) in [6.07, 6.45) is 1.33. The van der Waals surface area contributed by atoms with Crippen molar-refractivity contribution in [1.82, 2.24) is 10.6 Å². The summed E-state index contributed by atoms with van der Waals surface area (Å²) >= 11 is 0. The highest BCUT2D eigenvalue weighted by atomic mass is 16.5. The topological polar surface area (TPSA) is 105 Å². The Morgan fingerprint density at radius 2 is 1.66 bits per heavy atom. The number of benzene rings is 2. The molecule has 2 aliphatic carbocycles. The fourth-order valence-electron chi connectivity index (χ4n) is 4.52. The largest absolute Gasteiger partial charge is 0.481 e. The molecule has 2 amide bonds. The van der Waals surface area contributed by atoms with Gasteiger partial charge in [0.1, 0.15) is 6.61 Å². The van der Waals surface area contributed by atoms with E-state index in [1.165, 1.54) is 0 Å². The van der Waals surface area contributed by atoms with Crippen LogP contribution in [0, 0.1) is 17.8 Å². The van der Waals surface area contributed by atoms with Crippen LogP contribution in [-0.2, 0) is 14.3 Å². The van der Waals surface area contributed by atoms with Crippen LogP contribution in [0.1, 0.15) is 36.3 Å². The Morgan fingerprint density at radius 1 is 1.00 bits per heavy atom. The van der Waals surface area contributed by atoms with Gasteiger partial charge in [-0.2, -0.15) is 0 Å². The number of nitrogens with one attached hydrogen (secondary N) is 2. The van der Waals surface area contributed by atoms with Crippen molar-refractivity contribution in [2.75, 3.05) is 13.2 Å². The minimum absolute atomic E-state index is 0.0291. The molecule has 0 saturated heterocycles. The van der Waals surface area contributed by atoms with E-state index < -0.39 is 29.9 Å². The predicted molar refractivity (Wildman–Crippen MR) is 118 cm³/mol. The van der Waals surface area contributed by atoms with Crippen LogP contribution in [0.15, 0.2) is 48.5 Å². The Labute approximate surface area is 186 Å². The van der Waals surface area contributed by atoms with Gasteiger partial charge in [0.05, 0.1) is 12.5 Å². The van der Waals surface area contributed by atoms with E-state index in [4.69, 9.17) is 9.84 Å². The lowest BCUT2D eigenvalue weighted by atomic mass is 9.98. The fourth-order valence-corrected chi connectivity index (χ4v) is 4.52. The third kappa shape index (κ3) is 4.59. The molecular formula is C25H24N2O5. The van der Waals surface area contributed by atoms with Crippen LogP contribution in [0.4, 0.5) is 4.79 Å². The molecule has 0 radical (unpaired) electrons. The number of ether oxygens (including phenoxy) is 1. The molecule has 1 fully saturated rings. The SMILES string of the molecule is O=C(C#CCNC(=O)OCC1c2ccccc2-c2ccccc21)N[C@H]1CCC[C@H]1C(=O)O. The third-order valence-electron chi connectivity index (χ3n) is 6.02. The second kappa shape index (κ2) is 9.56. The molecule has 3 N–H and O–H groups in total. The third-order valence-corrected chi connectivity index (χ3v) is 6.02. The second-order valence-corrected chi connectivity index (χ2v) is 7.94. The Morgan fingerprint density at radius 3 is 2.31 bits per heavy atom. The molecule has 2 atom stereocenters. The van der Waals surface area contributed by atoms with Crippen molar-refractivity contribution in [3.05, 3.63) is 59.7 Å². The molecule has 2 aromatic carbocycles. The number of aliphatic carboxylic acids is 1. The molecule has 0 heterocycles. The molecule has 7 heteroatoms. The van der Waals surface area contributed by atoms with Crippen molar-refractivity contribution in [3.63, 3.8) is 0 Å². The van der Waals surface area contributed by atoms with Crippen molar-refractivity contribution in [3.8, 4) is 23.0 Å². The predicted octanol–water partition coefficient (Wildman–Crippen LogP) is 2.90. The molecule has 32 heavy (non-hydrogen) atoms. The molecule has 0 aromatic heterocycles. The number of amides is 2. The first-order valence-electron chi connectivity index (χ1n) is 10.7. The number of rotatable bonds is 5. The summed E-state index contributed by atoms with van der Waals surface area (Å²) in [5, 5.41) is 14.3. The van der Waals surface area contributed by atoms with Crippen LogP contribution in [0.25, 0.3) is 11.1 Å². The number of carboxylic acid groups (broad SMARTS) is 1. The van der Waals surface area contributed by atoms with Gasteiger partial charge in [-0.05, 0) is 41.0 Å². The summed E-state index contributed by atoms with van der Waals surface area (Å²) in [5.74, 6) is 2.91. The summed E-state index contributed by atoms with van der Waals surface area (Å²) in [6, 6.07) is 15.8. The van der Waals surface area contributed by atoms with Crippen molar-refractivity contribution in [2.45, 2.75) is 31.2 Å². The molecular weight excluding hydrogens is 408 g/mol. The number of carboxylic acids is 1. The number of hydrogen-bond acceptors (Lipinski definition) is 4. The normalized spacial score (nSPS) is 18.6. The minimum Gasteiger partial charge on any atom is -0.481 e. The van der Waals surface area contributed by atoms with E-state index >= 15 is 0 Å². The molecule has 0 spiro atoms. The highest BCUT2D eigenvalue weighted by molar-refractivity contribution is 5.94. The molecule has 0 aliphatic heterocycles. The van der Waals surface area contributed by atoms with Gasteiger partial charge in [0.25, 0.3) is 5.91 Å². The average Bonchev–Trinajstić information content (AvgIpc) is 3.38. The lowest BCUT2D eigenvalue weighted by Crippen LogP contribution is -2.39. The zero-order chi connectivity index (χ0) is 22.5. The number of hydrogen-bond donors (Lipinski definition) is 3. The summed E-state index contributed by atoms with van der Waals surface area (Å²) < 4.78 is 5.41. The first kappa shape index (κ1) is 21.4. The van der Waals surface area contributed by atoms with Gasteiger partial charge >= 0.3 is 12.1 Å². The van der Waals surface area contributed by atoms with Crippen LogP contribution in [0.2, 0.25) is 0 Å². The number of carbonyl (C=O) groups is 3. The zero-order valence-electron chi connectivity index (χ0n) is 17.5. The van der Waals surface area contributed by atoms with E-state index in [1.54, 1.807) is 0 Å². The minimum atomic E-state index is -0.905. The van der Waals surface area contributed by atoms with Crippen LogP contribution in [-0.4, -0.2) is 42.3 Å². The average molecular weight is 432 g/mol. The maximum atomic E-state index is 12.1. The van der Waals surface area contributed by atoms with Crippen molar-refractivity contribution >= 4 is 18.0 Å². The Hall–Kier alpha value is -3.79. The first-order chi connectivity index (χ1) is 15.5. The fraction of sp³-hybridized carbons (Fsp3) is 0.320. The van der Waals surface area contributed by atoms with Crippen LogP contribution < -0.4 is 10.6 Å². The van der Waals surface area contributed by atoms with Crippen molar-refractivity contribution in [2.24, 2.45) is 5.92 Å². The molecule has 0 bridgehead atoms. The number of carbonyl (C=O) groups excluding carboxylic acids is 2. The van der Waals surface area contributed by atoms with E-state index in [9.17, 15) is 14.4 Å². The van der Waals surface area contributed by atoms with E-state index in [0.717, 1.165) is 28.7 Å². The maximum Gasteiger partial charge on any atom is 0.407 e.